The Bertz CT molecular complexity index is 588. The van der Waals surface area contributed by atoms with E-state index in [1.165, 1.54) is 10.5 Å². The van der Waals surface area contributed by atoms with Crippen molar-refractivity contribution in [1.29, 1.82) is 0 Å². The van der Waals surface area contributed by atoms with Crippen molar-refractivity contribution in [3.63, 3.8) is 0 Å². The van der Waals surface area contributed by atoms with Gasteiger partial charge in [-0.1, -0.05) is 13.8 Å². The molecular weight excluding hydrogens is 328 g/mol. The second-order valence-electron chi connectivity index (χ2n) is 6.15. The lowest BCUT2D eigenvalue weighted by Crippen LogP contribution is -2.53. The van der Waals surface area contributed by atoms with Gasteiger partial charge in [0.25, 0.3) is 0 Å². The lowest BCUT2D eigenvalue weighted by molar-refractivity contribution is 0.155. The molecule has 1 aliphatic rings. The van der Waals surface area contributed by atoms with Gasteiger partial charge in [0.1, 0.15) is 4.90 Å². The second-order valence-corrected chi connectivity index (χ2v) is 8.09. The summed E-state index contributed by atoms with van der Waals surface area (Å²) in [5.41, 5.74) is 5.84. The number of nitrogens with two attached hydrogens (primary N) is 1. The molecule has 0 bridgehead atoms. The highest BCUT2D eigenvalue weighted by atomic mass is 35.5. The zero-order valence-electron chi connectivity index (χ0n) is 13.2. The highest BCUT2D eigenvalue weighted by Crippen LogP contribution is 2.31. The molecule has 0 aromatic carbocycles. The topological polar surface area (TPSA) is 90.5 Å². The minimum Gasteiger partial charge on any atom is -0.383 e. The van der Waals surface area contributed by atoms with E-state index in [2.05, 4.69) is 5.10 Å². The molecule has 0 aliphatic carbocycles. The number of rotatable bonds is 5. The SMILES string of the molecule is COCCn1cc(S(=O)(=O)N2CCC(N)C(C)(C)C2)cn1.Cl. The Balaban J connectivity index is 0.00000242. The molecular formula is C13H25ClN4O3S. The van der Waals surface area contributed by atoms with Gasteiger partial charge in [-0.2, -0.15) is 9.40 Å². The van der Waals surface area contributed by atoms with Gasteiger partial charge in [0, 0.05) is 32.4 Å². The molecule has 1 fully saturated rings. The van der Waals surface area contributed by atoms with Crippen LogP contribution in [0.4, 0.5) is 0 Å². The number of aromatic nitrogens is 2. The predicted octanol–water partition coefficient (Wildman–Crippen LogP) is 0.699. The van der Waals surface area contributed by atoms with Gasteiger partial charge < -0.3 is 10.5 Å². The lowest BCUT2D eigenvalue weighted by Gasteiger charge is -2.41. The third-order valence-electron chi connectivity index (χ3n) is 4.05. The Morgan fingerprint density at radius 2 is 2.18 bits per heavy atom. The van der Waals surface area contributed by atoms with E-state index in [0.717, 1.165) is 0 Å². The molecule has 22 heavy (non-hydrogen) atoms. The van der Waals surface area contributed by atoms with Crippen LogP contribution in [0.1, 0.15) is 20.3 Å². The van der Waals surface area contributed by atoms with E-state index in [-0.39, 0.29) is 28.8 Å². The van der Waals surface area contributed by atoms with Crippen LogP contribution in [0, 0.1) is 5.41 Å². The Kier molecular flexibility index (Phi) is 6.40. The number of hydrogen-bond donors (Lipinski definition) is 1. The van der Waals surface area contributed by atoms with Crippen LogP contribution in [0.15, 0.2) is 17.3 Å². The van der Waals surface area contributed by atoms with Crippen LogP contribution in [-0.4, -0.2) is 55.4 Å². The summed E-state index contributed by atoms with van der Waals surface area (Å²) in [6.45, 7) is 5.91. The van der Waals surface area contributed by atoms with Crippen molar-refractivity contribution >= 4 is 22.4 Å². The maximum absolute atomic E-state index is 12.7. The van der Waals surface area contributed by atoms with E-state index >= 15 is 0 Å². The molecule has 0 amide bonds. The summed E-state index contributed by atoms with van der Waals surface area (Å²) >= 11 is 0. The smallest absolute Gasteiger partial charge is 0.246 e. The molecule has 2 heterocycles. The fraction of sp³-hybridized carbons (Fsp3) is 0.769. The van der Waals surface area contributed by atoms with Gasteiger partial charge in [-0.25, -0.2) is 8.42 Å². The minimum absolute atomic E-state index is 0. The first-order valence-corrected chi connectivity index (χ1v) is 8.48. The highest BCUT2D eigenvalue weighted by Gasteiger charge is 2.39. The third-order valence-corrected chi connectivity index (χ3v) is 5.85. The van der Waals surface area contributed by atoms with Crippen LogP contribution < -0.4 is 5.73 Å². The largest absolute Gasteiger partial charge is 0.383 e. The van der Waals surface area contributed by atoms with Crippen LogP contribution in [0.3, 0.4) is 0 Å². The van der Waals surface area contributed by atoms with Gasteiger partial charge in [0.15, 0.2) is 0 Å². The van der Waals surface area contributed by atoms with Crippen LogP contribution in [0.5, 0.6) is 0 Å². The van der Waals surface area contributed by atoms with Crippen LogP contribution in [0.25, 0.3) is 0 Å². The summed E-state index contributed by atoms with van der Waals surface area (Å²) in [6, 6.07) is 0.0216. The van der Waals surface area contributed by atoms with E-state index in [4.69, 9.17) is 10.5 Å². The number of ether oxygens (including phenoxy) is 1. The Labute approximate surface area is 138 Å². The first-order chi connectivity index (χ1) is 9.77. The van der Waals surface area contributed by atoms with Crippen LogP contribution in [-0.2, 0) is 21.3 Å². The van der Waals surface area contributed by atoms with Crippen molar-refractivity contribution in [2.75, 3.05) is 26.8 Å². The van der Waals surface area contributed by atoms with Crippen LogP contribution in [0.2, 0.25) is 0 Å². The molecule has 0 spiro atoms. The Morgan fingerprint density at radius 1 is 1.50 bits per heavy atom. The fourth-order valence-electron chi connectivity index (χ4n) is 2.46. The van der Waals surface area contributed by atoms with E-state index in [0.29, 0.717) is 32.7 Å². The van der Waals surface area contributed by atoms with E-state index < -0.39 is 10.0 Å². The summed E-state index contributed by atoms with van der Waals surface area (Å²) in [4.78, 5) is 0.227. The molecule has 1 unspecified atom stereocenters. The average Bonchev–Trinajstić information content (AvgIpc) is 2.88. The number of halogens is 1. The minimum atomic E-state index is -3.51. The molecule has 1 aliphatic heterocycles. The fourth-order valence-corrected chi connectivity index (χ4v) is 4.05. The highest BCUT2D eigenvalue weighted by molar-refractivity contribution is 7.89. The first-order valence-electron chi connectivity index (χ1n) is 7.04. The van der Waals surface area contributed by atoms with Crippen molar-refractivity contribution < 1.29 is 13.2 Å². The summed E-state index contributed by atoms with van der Waals surface area (Å²) < 4.78 is 33.4. The predicted molar refractivity (Wildman–Crippen MR) is 86.5 cm³/mol. The summed E-state index contributed by atoms with van der Waals surface area (Å²) in [7, 11) is -1.91. The van der Waals surface area contributed by atoms with E-state index in [9.17, 15) is 8.42 Å². The molecule has 1 saturated heterocycles. The molecule has 1 atom stereocenters. The standard InChI is InChI=1S/C13H24N4O3S.ClH/c1-13(2)10-17(5-4-12(13)14)21(18,19)11-8-15-16(9-11)6-7-20-3;/h8-9,12H,4-7,10,14H2,1-3H3;1H. The Morgan fingerprint density at radius 3 is 2.77 bits per heavy atom. The number of methoxy groups -OCH3 is 1. The van der Waals surface area contributed by atoms with Gasteiger partial charge in [0.05, 0.1) is 19.3 Å². The summed E-state index contributed by atoms with van der Waals surface area (Å²) in [6.07, 6.45) is 3.62. The van der Waals surface area contributed by atoms with Gasteiger partial charge in [-0.3, -0.25) is 4.68 Å². The van der Waals surface area contributed by atoms with Crippen molar-refractivity contribution in [3.8, 4) is 0 Å². The van der Waals surface area contributed by atoms with Gasteiger partial charge in [-0.15, -0.1) is 12.4 Å². The molecule has 1 aromatic heterocycles. The second kappa shape index (κ2) is 7.27. The average molecular weight is 353 g/mol. The molecule has 0 radical (unpaired) electrons. The van der Waals surface area contributed by atoms with Crippen molar-refractivity contribution in [2.45, 2.75) is 37.8 Å². The zero-order chi connectivity index (χ0) is 15.7. The molecule has 0 saturated carbocycles. The first kappa shape index (κ1) is 19.4. The summed E-state index contributed by atoms with van der Waals surface area (Å²) in [5, 5.41) is 4.07. The molecule has 9 heteroatoms. The van der Waals surface area contributed by atoms with Crippen molar-refractivity contribution in [2.24, 2.45) is 11.1 Å². The van der Waals surface area contributed by atoms with E-state index in [1.807, 2.05) is 13.8 Å². The molecule has 1 aromatic rings. The van der Waals surface area contributed by atoms with Gasteiger partial charge >= 0.3 is 0 Å². The quantitative estimate of drug-likeness (QED) is 0.842. The number of hydrogen-bond acceptors (Lipinski definition) is 5. The van der Waals surface area contributed by atoms with Crippen molar-refractivity contribution in [3.05, 3.63) is 12.4 Å². The van der Waals surface area contributed by atoms with Gasteiger partial charge in [-0.05, 0) is 11.8 Å². The number of piperidine rings is 1. The lowest BCUT2D eigenvalue weighted by atomic mass is 9.81. The maximum Gasteiger partial charge on any atom is 0.246 e. The van der Waals surface area contributed by atoms with Crippen LogP contribution >= 0.6 is 12.4 Å². The maximum atomic E-state index is 12.7. The molecule has 2 N–H and O–H groups in total. The molecule has 7 nitrogen and oxygen atoms in total. The third kappa shape index (κ3) is 3.99. The summed E-state index contributed by atoms with van der Waals surface area (Å²) in [5.74, 6) is 0. The van der Waals surface area contributed by atoms with E-state index in [1.54, 1.807) is 18.0 Å². The monoisotopic (exact) mass is 352 g/mol. The van der Waals surface area contributed by atoms with Crippen molar-refractivity contribution in [1.82, 2.24) is 14.1 Å². The Hall–Kier alpha value is -0.670. The number of nitrogens with zero attached hydrogens (tertiary/aromatic N) is 3. The molecule has 128 valence electrons. The van der Waals surface area contributed by atoms with Gasteiger partial charge in [0.2, 0.25) is 10.0 Å². The molecule has 2 rings (SSSR count). The normalized spacial score (nSPS) is 22.3. The number of sulfonamides is 1. The zero-order valence-corrected chi connectivity index (χ0v) is 14.9.